The Kier molecular flexibility index (Phi) is 5.54. The summed E-state index contributed by atoms with van der Waals surface area (Å²) in [4.78, 5) is 12.3. The van der Waals surface area contributed by atoms with Crippen LogP contribution in [-0.4, -0.2) is 11.1 Å². The van der Waals surface area contributed by atoms with Crippen molar-refractivity contribution in [1.29, 1.82) is 0 Å². The van der Waals surface area contributed by atoms with Gasteiger partial charge in [0, 0.05) is 17.3 Å². The van der Waals surface area contributed by atoms with Crippen molar-refractivity contribution in [1.82, 2.24) is 0 Å². The van der Waals surface area contributed by atoms with E-state index in [-0.39, 0.29) is 5.78 Å². The van der Waals surface area contributed by atoms with Gasteiger partial charge in [0.2, 0.25) is 0 Å². The predicted molar refractivity (Wildman–Crippen MR) is 88.6 cm³/mol. The quantitative estimate of drug-likeness (QED) is 0.393. The summed E-state index contributed by atoms with van der Waals surface area (Å²) in [5.74, 6) is 0.251. The van der Waals surface area contributed by atoms with Crippen LogP contribution in [0, 0.1) is 6.92 Å². The van der Waals surface area contributed by atoms with Crippen LogP contribution in [0.4, 0.5) is 0 Å². The highest BCUT2D eigenvalue weighted by Gasteiger charge is 2.12. The summed E-state index contributed by atoms with van der Waals surface area (Å²) >= 11 is 3.40. The van der Waals surface area contributed by atoms with E-state index in [1.54, 1.807) is 0 Å². The summed E-state index contributed by atoms with van der Waals surface area (Å²) < 4.78 is 0. The van der Waals surface area contributed by atoms with Gasteiger partial charge in [-0.15, -0.1) is 0 Å². The molecule has 2 aromatic rings. The zero-order chi connectivity index (χ0) is 14.4. The van der Waals surface area contributed by atoms with Gasteiger partial charge in [-0.05, 0) is 36.5 Å². The first-order chi connectivity index (χ1) is 9.74. The molecule has 104 valence electrons. The Labute approximate surface area is 129 Å². The van der Waals surface area contributed by atoms with Gasteiger partial charge in [0.25, 0.3) is 0 Å². The van der Waals surface area contributed by atoms with E-state index in [4.69, 9.17) is 0 Å². The molecule has 0 aromatic heterocycles. The molecule has 0 amide bonds. The highest BCUT2D eigenvalue weighted by molar-refractivity contribution is 9.09. The summed E-state index contributed by atoms with van der Waals surface area (Å²) in [5, 5.41) is 0.962. The molecule has 0 heterocycles. The molecule has 0 N–H and O–H groups in total. The van der Waals surface area contributed by atoms with Crippen molar-refractivity contribution in [2.24, 2.45) is 0 Å². The van der Waals surface area contributed by atoms with Gasteiger partial charge < -0.3 is 0 Å². The number of halogens is 1. The third kappa shape index (κ3) is 3.57. The topological polar surface area (TPSA) is 17.1 Å². The lowest BCUT2D eigenvalue weighted by Gasteiger charge is -2.11. The fourth-order valence-corrected chi connectivity index (χ4v) is 2.78. The van der Waals surface area contributed by atoms with E-state index in [1.807, 2.05) is 37.3 Å². The standard InChI is InChI=1S/C18H19BrO/c1-14-16(15-8-3-2-4-9-15)10-7-11-17(14)18(20)12-5-6-13-19/h2-4,7-11H,5-6,12-13H2,1H3. The summed E-state index contributed by atoms with van der Waals surface area (Å²) in [7, 11) is 0. The number of hydrogen-bond acceptors (Lipinski definition) is 1. The van der Waals surface area contributed by atoms with E-state index in [0.717, 1.165) is 34.9 Å². The number of unbranched alkanes of at least 4 members (excludes halogenated alkanes) is 1. The van der Waals surface area contributed by atoms with E-state index in [2.05, 4.69) is 34.1 Å². The minimum atomic E-state index is 0.251. The minimum absolute atomic E-state index is 0.251. The lowest BCUT2D eigenvalue weighted by Crippen LogP contribution is -2.03. The van der Waals surface area contributed by atoms with Gasteiger partial charge in [0.15, 0.2) is 5.78 Å². The average Bonchev–Trinajstić information content (AvgIpc) is 2.48. The van der Waals surface area contributed by atoms with Crippen molar-refractivity contribution < 1.29 is 4.79 Å². The monoisotopic (exact) mass is 330 g/mol. The van der Waals surface area contributed by atoms with Gasteiger partial charge in [-0.3, -0.25) is 4.79 Å². The van der Waals surface area contributed by atoms with Crippen molar-refractivity contribution in [3.63, 3.8) is 0 Å². The number of carbonyl (C=O) groups is 1. The molecule has 0 radical (unpaired) electrons. The summed E-state index contributed by atoms with van der Waals surface area (Å²) in [6, 6.07) is 16.2. The van der Waals surface area contributed by atoms with E-state index in [9.17, 15) is 4.79 Å². The molecule has 2 heteroatoms. The summed E-state index contributed by atoms with van der Waals surface area (Å²) in [5.41, 5.74) is 4.26. The van der Waals surface area contributed by atoms with Crippen LogP contribution in [-0.2, 0) is 0 Å². The van der Waals surface area contributed by atoms with Gasteiger partial charge in [-0.2, -0.15) is 0 Å². The number of hydrogen-bond donors (Lipinski definition) is 0. The highest BCUT2D eigenvalue weighted by Crippen LogP contribution is 2.26. The number of alkyl halides is 1. The molecule has 20 heavy (non-hydrogen) atoms. The molecular formula is C18H19BrO. The lowest BCUT2D eigenvalue weighted by atomic mass is 9.93. The molecule has 0 saturated heterocycles. The average molecular weight is 331 g/mol. The Balaban J connectivity index is 2.26. The van der Waals surface area contributed by atoms with Crippen LogP contribution in [0.2, 0.25) is 0 Å². The molecule has 2 rings (SSSR count). The smallest absolute Gasteiger partial charge is 0.163 e. The van der Waals surface area contributed by atoms with Crippen molar-refractivity contribution in [3.05, 3.63) is 59.7 Å². The van der Waals surface area contributed by atoms with Crippen LogP contribution in [0.25, 0.3) is 11.1 Å². The number of rotatable bonds is 6. The van der Waals surface area contributed by atoms with Gasteiger partial charge in [0.05, 0.1) is 0 Å². The summed E-state index contributed by atoms with van der Waals surface area (Å²) in [6.45, 7) is 2.04. The number of benzene rings is 2. The number of ketones is 1. The second-order valence-corrected chi connectivity index (χ2v) is 5.71. The van der Waals surface area contributed by atoms with Crippen molar-refractivity contribution in [2.75, 3.05) is 5.33 Å². The largest absolute Gasteiger partial charge is 0.294 e. The molecule has 0 spiro atoms. The van der Waals surface area contributed by atoms with Crippen LogP contribution >= 0.6 is 15.9 Å². The molecule has 0 unspecified atom stereocenters. The number of carbonyl (C=O) groups excluding carboxylic acids is 1. The lowest BCUT2D eigenvalue weighted by molar-refractivity contribution is 0.0979. The second kappa shape index (κ2) is 7.39. The van der Waals surface area contributed by atoms with Gasteiger partial charge in [0.1, 0.15) is 0 Å². The fraction of sp³-hybridized carbons (Fsp3) is 0.278. The molecule has 0 atom stereocenters. The maximum atomic E-state index is 12.3. The normalized spacial score (nSPS) is 10.5. The molecule has 0 fully saturated rings. The Morgan fingerprint density at radius 2 is 1.75 bits per heavy atom. The van der Waals surface area contributed by atoms with E-state index < -0.39 is 0 Å². The maximum absolute atomic E-state index is 12.3. The van der Waals surface area contributed by atoms with Crippen LogP contribution in [0.15, 0.2) is 48.5 Å². The van der Waals surface area contributed by atoms with Crippen LogP contribution < -0.4 is 0 Å². The molecular weight excluding hydrogens is 312 g/mol. The first-order valence-electron chi connectivity index (χ1n) is 6.98. The van der Waals surface area contributed by atoms with Crippen LogP contribution in [0.5, 0.6) is 0 Å². The zero-order valence-corrected chi connectivity index (χ0v) is 13.3. The minimum Gasteiger partial charge on any atom is -0.294 e. The first kappa shape index (κ1) is 15.0. The Morgan fingerprint density at radius 1 is 1.00 bits per heavy atom. The second-order valence-electron chi connectivity index (χ2n) is 4.91. The molecule has 0 aliphatic rings. The van der Waals surface area contributed by atoms with Crippen LogP contribution in [0.1, 0.15) is 35.2 Å². The van der Waals surface area contributed by atoms with Crippen molar-refractivity contribution >= 4 is 21.7 Å². The zero-order valence-electron chi connectivity index (χ0n) is 11.7. The predicted octanol–water partition coefficient (Wildman–Crippen LogP) is 5.41. The number of Topliss-reactive ketones (excluding diaryl/α,β-unsaturated/α-hetero) is 1. The fourth-order valence-electron chi connectivity index (χ4n) is 2.38. The van der Waals surface area contributed by atoms with Gasteiger partial charge in [-0.25, -0.2) is 0 Å². The highest BCUT2D eigenvalue weighted by atomic mass is 79.9. The van der Waals surface area contributed by atoms with Gasteiger partial charge >= 0.3 is 0 Å². The van der Waals surface area contributed by atoms with Crippen molar-refractivity contribution in [2.45, 2.75) is 26.2 Å². The molecule has 0 aliphatic heterocycles. The first-order valence-corrected chi connectivity index (χ1v) is 8.10. The third-order valence-electron chi connectivity index (χ3n) is 3.51. The Bertz CT molecular complexity index is 575. The van der Waals surface area contributed by atoms with Crippen LogP contribution in [0.3, 0.4) is 0 Å². The molecule has 0 aliphatic carbocycles. The molecule has 0 bridgehead atoms. The molecule has 2 aromatic carbocycles. The molecule has 0 saturated carbocycles. The summed E-state index contributed by atoms with van der Waals surface area (Å²) in [6.07, 6.45) is 2.62. The maximum Gasteiger partial charge on any atom is 0.163 e. The van der Waals surface area contributed by atoms with E-state index in [1.165, 1.54) is 5.56 Å². The molecule has 1 nitrogen and oxygen atoms in total. The Hall–Kier alpha value is -1.41. The SMILES string of the molecule is Cc1c(C(=O)CCCCBr)cccc1-c1ccccc1. The third-order valence-corrected chi connectivity index (χ3v) is 4.07. The van der Waals surface area contributed by atoms with E-state index >= 15 is 0 Å². The van der Waals surface area contributed by atoms with E-state index in [0.29, 0.717) is 6.42 Å². The Morgan fingerprint density at radius 3 is 2.45 bits per heavy atom. The van der Waals surface area contributed by atoms with Gasteiger partial charge in [-0.1, -0.05) is 64.5 Å². The van der Waals surface area contributed by atoms with Crippen molar-refractivity contribution in [3.8, 4) is 11.1 Å².